The van der Waals surface area contributed by atoms with E-state index in [-0.39, 0.29) is 41.7 Å². The number of hydrogen-bond acceptors (Lipinski definition) is 5. The van der Waals surface area contributed by atoms with E-state index in [9.17, 15) is 14.4 Å². The molecule has 1 aliphatic heterocycles. The van der Waals surface area contributed by atoms with Crippen molar-refractivity contribution in [2.75, 3.05) is 20.2 Å². The molecule has 0 radical (unpaired) electrons. The van der Waals surface area contributed by atoms with Crippen LogP contribution in [0.2, 0.25) is 0 Å². The van der Waals surface area contributed by atoms with Crippen LogP contribution in [-0.4, -0.2) is 72.0 Å². The van der Waals surface area contributed by atoms with Crippen LogP contribution in [0.4, 0.5) is 0 Å². The smallest absolute Gasteiger partial charge is 0.333 e. The van der Waals surface area contributed by atoms with Gasteiger partial charge in [-0.05, 0) is 58.4 Å². The summed E-state index contributed by atoms with van der Waals surface area (Å²) in [5, 5.41) is 3.13. The summed E-state index contributed by atoms with van der Waals surface area (Å²) in [6.07, 6.45) is 6.52. The van der Waals surface area contributed by atoms with Gasteiger partial charge < -0.3 is 15.0 Å². The minimum atomic E-state index is -0.610. The number of piperidine rings is 1. The maximum absolute atomic E-state index is 13.7. The maximum Gasteiger partial charge on any atom is 0.333 e. The molecule has 0 saturated carbocycles. The SMILES string of the molecule is CCOC(=O)C(C)=C[C@H](C(C)C)N(C)C(=O)[C@@H](NC(=O)C1CCCCN1C(C)CC)[C@@H](C)CC. The molecule has 1 heterocycles. The van der Waals surface area contributed by atoms with Gasteiger partial charge in [0.25, 0.3) is 0 Å². The molecule has 0 spiro atoms. The molecule has 34 heavy (non-hydrogen) atoms. The number of nitrogens with one attached hydrogen (secondary N) is 1. The molecule has 1 N–H and O–H groups in total. The van der Waals surface area contributed by atoms with Crippen LogP contribution >= 0.6 is 0 Å². The lowest BCUT2D eigenvalue weighted by molar-refractivity contribution is -0.141. The Bertz CT molecular complexity index is 706. The third kappa shape index (κ3) is 8.10. The zero-order chi connectivity index (χ0) is 26.0. The van der Waals surface area contributed by atoms with Gasteiger partial charge in [-0.1, -0.05) is 53.5 Å². The summed E-state index contributed by atoms with van der Waals surface area (Å²) >= 11 is 0. The molecule has 2 unspecified atom stereocenters. The van der Waals surface area contributed by atoms with E-state index in [1.165, 1.54) is 0 Å². The molecular weight excluding hydrogens is 430 g/mol. The van der Waals surface area contributed by atoms with Crippen LogP contribution in [0.5, 0.6) is 0 Å². The van der Waals surface area contributed by atoms with E-state index in [1.54, 1.807) is 25.8 Å². The highest BCUT2D eigenvalue weighted by atomic mass is 16.5. The van der Waals surface area contributed by atoms with Crippen LogP contribution in [-0.2, 0) is 19.1 Å². The second-order valence-electron chi connectivity index (χ2n) is 10.1. The van der Waals surface area contributed by atoms with Crippen LogP contribution in [0, 0.1) is 11.8 Å². The lowest BCUT2D eigenvalue weighted by Crippen LogP contribution is -2.59. The van der Waals surface area contributed by atoms with Crippen molar-refractivity contribution in [2.24, 2.45) is 11.8 Å². The van der Waals surface area contributed by atoms with Gasteiger partial charge in [0.15, 0.2) is 0 Å². The van der Waals surface area contributed by atoms with Gasteiger partial charge in [0.2, 0.25) is 11.8 Å². The number of likely N-dealkylation sites (tertiary alicyclic amines) is 1. The fourth-order valence-corrected chi connectivity index (χ4v) is 4.62. The van der Waals surface area contributed by atoms with E-state index in [1.807, 2.05) is 33.8 Å². The van der Waals surface area contributed by atoms with Gasteiger partial charge in [0.1, 0.15) is 6.04 Å². The van der Waals surface area contributed by atoms with Gasteiger partial charge in [-0.15, -0.1) is 0 Å². The Balaban J connectivity index is 3.13. The molecule has 0 aromatic carbocycles. The fraction of sp³-hybridized carbons (Fsp3) is 0.815. The first-order valence-corrected chi connectivity index (χ1v) is 13.2. The number of carbonyl (C=O) groups is 3. The number of ether oxygens (including phenoxy) is 1. The van der Waals surface area contributed by atoms with Crippen molar-refractivity contribution in [1.82, 2.24) is 15.1 Å². The number of nitrogens with zero attached hydrogens (tertiary/aromatic N) is 2. The van der Waals surface area contributed by atoms with Crippen LogP contribution in [0.1, 0.15) is 87.5 Å². The quantitative estimate of drug-likeness (QED) is 0.336. The van der Waals surface area contributed by atoms with E-state index in [0.717, 1.165) is 38.6 Å². The average molecular weight is 480 g/mol. The van der Waals surface area contributed by atoms with E-state index >= 15 is 0 Å². The lowest BCUT2D eigenvalue weighted by Gasteiger charge is -2.40. The van der Waals surface area contributed by atoms with Crippen molar-refractivity contribution >= 4 is 17.8 Å². The summed E-state index contributed by atoms with van der Waals surface area (Å²) in [7, 11) is 1.76. The number of amides is 2. The van der Waals surface area contributed by atoms with Crippen LogP contribution < -0.4 is 5.32 Å². The predicted molar refractivity (Wildman–Crippen MR) is 137 cm³/mol. The Morgan fingerprint density at radius 1 is 1.09 bits per heavy atom. The molecule has 7 heteroatoms. The second-order valence-corrected chi connectivity index (χ2v) is 10.1. The lowest BCUT2D eigenvalue weighted by atomic mass is 9.93. The monoisotopic (exact) mass is 479 g/mol. The highest BCUT2D eigenvalue weighted by Gasteiger charge is 2.36. The Kier molecular flexibility index (Phi) is 12.9. The largest absolute Gasteiger partial charge is 0.463 e. The van der Waals surface area contributed by atoms with Crippen molar-refractivity contribution in [1.29, 1.82) is 0 Å². The molecule has 1 aliphatic rings. The standard InChI is InChI=1S/C27H49N3O4/c1-10-19(6)24(28-25(31)22-15-13-14-16-30(22)21(8)11-2)26(32)29(9)23(18(4)5)17-20(7)27(33)34-12-3/h17-19,21-24H,10-16H2,1-9H3,(H,28,31)/t19-,21?,22?,23+,24-/m0/s1. The highest BCUT2D eigenvalue weighted by molar-refractivity contribution is 5.91. The van der Waals surface area contributed by atoms with Gasteiger partial charge in [0.05, 0.1) is 18.7 Å². The first-order valence-electron chi connectivity index (χ1n) is 13.2. The summed E-state index contributed by atoms with van der Waals surface area (Å²) in [6.45, 7) is 17.1. The number of rotatable bonds is 12. The first-order chi connectivity index (χ1) is 16.0. The van der Waals surface area contributed by atoms with E-state index in [4.69, 9.17) is 4.74 Å². The molecule has 0 bridgehead atoms. The predicted octanol–water partition coefficient (Wildman–Crippen LogP) is 4.16. The van der Waals surface area contributed by atoms with Crippen molar-refractivity contribution < 1.29 is 19.1 Å². The summed E-state index contributed by atoms with van der Waals surface area (Å²) in [5.74, 6) is -0.469. The van der Waals surface area contributed by atoms with Gasteiger partial charge in [-0.25, -0.2) is 4.79 Å². The van der Waals surface area contributed by atoms with Crippen molar-refractivity contribution in [2.45, 2.75) is 112 Å². The van der Waals surface area contributed by atoms with Gasteiger partial charge >= 0.3 is 5.97 Å². The third-order valence-corrected chi connectivity index (χ3v) is 7.28. The van der Waals surface area contributed by atoms with Crippen molar-refractivity contribution in [3.8, 4) is 0 Å². The average Bonchev–Trinajstić information content (AvgIpc) is 2.83. The Morgan fingerprint density at radius 2 is 1.74 bits per heavy atom. The molecule has 5 atom stereocenters. The molecule has 7 nitrogen and oxygen atoms in total. The number of hydrogen-bond donors (Lipinski definition) is 1. The van der Waals surface area contributed by atoms with Gasteiger partial charge in [0, 0.05) is 18.7 Å². The van der Waals surface area contributed by atoms with Gasteiger partial charge in [-0.3, -0.25) is 14.5 Å². The maximum atomic E-state index is 13.7. The third-order valence-electron chi connectivity index (χ3n) is 7.28. The van der Waals surface area contributed by atoms with Crippen molar-refractivity contribution in [3.05, 3.63) is 11.6 Å². The van der Waals surface area contributed by atoms with Crippen molar-refractivity contribution in [3.63, 3.8) is 0 Å². The molecule has 1 fully saturated rings. The van der Waals surface area contributed by atoms with Gasteiger partial charge in [-0.2, -0.15) is 0 Å². The molecule has 0 aliphatic carbocycles. The number of esters is 1. The van der Waals surface area contributed by atoms with Crippen LogP contribution in [0.15, 0.2) is 11.6 Å². The normalized spacial score (nSPS) is 20.9. The zero-order valence-corrected chi connectivity index (χ0v) is 23.0. The Morgan fingerprint density at radius 3 is 2.26 bits per heavy atom. The van der Waals surface area contributed by atoms with E-state index in [0.29, 0.717) is 18.2 Å². The Hall–Kier alpha value is -1.89. The minimum absolute atomic E-state index is 0.0116. The topological polar surface area (TPSA) is 79.0 Å². The summed E-state index contributed by atoms with van der Waals surface area (Å²) in [6, 6.07) is -0.759. The zero-order valence-electron chi connectivity index (χ0n) is 23.0. The molecule has 1 rings (SSSR count). The van der Waals surface area contributed by atoms with Crippen LogP contribution in [0.3, 0.4) is 0 Å². The molecule has 0 aromatic heterocycles. The summed E-state index contributed by atoms with van der Waals surface area (Å²) in [5.41, 5.74) is 0.482. The first kappa shape index (κ1) is 30.1. The molecule has 1 saturated heterocycles. The molecular formula is C27H49N3O4. The fourth-order valence-electron chi connectivity index (χ4n) is 4.62. The summed E-state index contributed by atoms with van der Waals surface area (Å²) in [4.78, 5) is 43.3. The number of likely N-dealkylation sites (N-methyl/N-ethyl adjacent to an activating group) is 1. The minimum Gasteiger partial charge on any atom is -0.463 e. The molecule has 0 aromatic rings. The highest BCUT2D eigenvalue weighted by Crippen LogP contribution is 2.23. The Labute approximate surface area is 207 Å². The van der Waals surface area contributed by atoms with E-state index in [2.05, 4.69) is 24.1 Å². The number of carbonyl (C=O) groups excluding carboxylic acids is 3. The molecule has 2 amide bonds. The van der Waals surface area contributed by atoms with Crippen LogP contribution in [0.25, 0.3) is 0 Å². The second kappa shape index (κ2) is 14.5. The molecule has 196 valence electrons. The van der Waals surface area contributed by atoms with E-state index < -0.39 is 6.04 Å². The summed E-state index contributed by atoms with van der Waals surface area (Å²) < 4.78 is 5.11.